The first-order chi connectivity index (χ1) is 24.6. The van der Waals surface area contributed by atoms with Crippen LogP contribution in [0.5, 0.6) is 17.2 Å². The van der Waals surface area contributed by atoms with Gasteiger partial charge in [0.15, 0.2) is 5.69 Å². The molecule has 6 rings (SSSR count). The predicted molar refractivity (Wildman–Crippen MR) is 184 cm³/mol. The van der Waals surface area contributed by atoms with Gasteiger partial charge in [0.2, 0.25) is 0 Å². The summed E-state index contributed by atoms with van der Waals surface area (Å²) in [5, 5.41) is 70.7. The summed E-state index contributed by atoms with van der Waals surface area (Å²) in [6, 6.07) is 22.0. The molecule has 19 nitrogen and oxygen atoms in total. The molecule has 0 atom stereocenters. The van der Waals surface area contributed by atoms with Gasteiger partial charge in [0.1, 0.15) is 34.3 Å². The van der Waals surface area contributed by atoms with Gasteiger partial charge in [0, 0.05) is 47.0 Å². The summed E-state index contributed by atoms with van der Waals surface area (Å²) in [6.45, 7) is 1.53. The van der Waals surface area contributed by atoms with Gasteiger partial charge >= 0.3 is 59.1 Å². The van der Waals surface area contributed by atoms with Crippen molar-refractivity contribution in [2.24, 2.45) is 20.5 Å². The third-order valence-electron chi connectivity index (χ3n) is 7.17. The fraction of sp³-hybridized carbons (Fsp3) is 0.0312. The Bertz CT molecular complexity index is 2600. The van der Waals surface area contributed by atoms with E-state index in [0.717, 1.165) is 46.5 Å². The monoisotopic (exact) mass is 826 g/mol. The quantitative estimate of drug-likeness (QED) is 0.0480. The van der Waals surface area contributed by atoms with Crippen LogP contribution in [0.1, 0.15) is 5.69 Å². The van der Waals surface area contributed by atoms with Gasteiger partial charge in [-0.2, -0.15) is 8.42 Å². The first-order valence-corrected chi connectivity index (χ1v) is 16.0. The van der Waals surface area contributed by atoms with Crippen molar-refractivity contribution in [1.82, 2.24) is 9.78 Å². The van der Waals surface area contributed by atoms with E-state index in [1.807, 2.05) is 12.1 Å². The Kier molecular flexibility index (Phi) is 16.6. The van der Waals surface area contributed by atoms with E-state index in [1.165, 1.54) is 37.3 Å². The van der Waals surface area contributed by atoms with E-state index in [9.17, 15) is 48.8 Å². The number of hydrogen-bond donors (Lipinski definition) is 5. The number of non-ortho nitro benzene ring substituents is 2. The van der Waals surface area contributed by atoms with E-state index in [-0.39, 0.29) is 138 Å². The van der Waals surface area contributed by atoms with Gasteiger partial charge < -0.3 is 15.3 Å². The van der Waals surface area contributed by atoms with E-state index in [2.05, 4.69) is 25.6 Å². The summed E-state index contributed by atoms with van der Waals surface area (Å²) in [5.41, 5.74) is -0.695. The Balaban J connectivity index is 0.000000368. The first-order valence-electron chi connectivity index (χ1n) is 14.5. The molecule has 5 N–H and O–H groups in total. The average molecular weight is 827 g/mol. The van der Waals surface area contributed by atoms with E-state index < -0.39 is 25.5 Å². The number of nitro groups is 2. The average Bonchev–Trinajstić information content (AvgIpc) is 3.39. The summed E-state index contributed by atoms with van der Waals surface area (Å²) in [5.74, 6) is -0.662. The third-order valence-corrected chi connectivity index (χ3v) is 8.04. The molecule has 0 spiro atoms. The summed E-state index contributed by atoms with van der Waals surface area (Å²) in [6.07, 6.45) is 0. The second kappa shape index (κ2) is 19.7. The molecule has 0 amide bonds. The van der Waals surface area contributed by atoms with Crippen molar-refractivity contribution in [1.29, 1.82) is 0 Å². The Morgan fingerprint density at radius 1 is 0.691 bits per heavy atom. The number of nitrogens with zero attached hydrogens (tertiary/aromatic N) is 7. The number of phenols is 3. The minimum absolute atomic E-state index is 0. The number of azo groups is 2. The van der Waals surface area contributed by atoms with Crippen LogP contribution in [-0.4, -0.2) is 47.9 Å². The molecular weight excluding hydrogens is 802 g/mol. The van der Waals surface area contributed by atoms with E-state index in [0.29, 0.717) is 11.1 Å². The molecule has 6 aromatic rings. The third kappa shape index (κ3) is 11.1. The summed E-state index contributed by atoms with van der Waals surface area (Å²) in [7, 11) is -4.37. The zero-order chi connectivity index (χ0) is 37.7. The fourth-order valence-electron chi connectivity index (χ4n) is 4.57. The zero-order valence-electron chi connectivity index (χ0n) is 28.8. The van der Waals surface area contributed by atoms with E-state index >= 15 is 0 Å². The molecule has 0 aliphatic carbocycles. The van der Waals surface area contributed by atoms with Crippen molar-refractivity contribution in [3.8, 4) is 22.9 Å². The van der Waals surface area contributed by atoms with Gasteiger partial charge in [0.25, 0.3) is 27.1 Å². The summed E-state index contributed by atoms with van der Waals surface area (Å²) < 4.78 is 32.3. The number of fused-ring (bicyclic) bond motifs is 1. The van der Waals surface area contributed by atoms with Crippen molar-refractivity contribution in [3.05, 3.63) is 133 Å². The number of hydrogen-bond acceptors (Lipinski definition) is 14. The smallest absolute Gasteiger partial charge is 0.506 e. The second-order valence-corrected chi connectivity index (χ2v) is 12.0. The SMILES string of the molecule is Cc1[nH]n(-c2ccc(S(=O)(=O)O)cc2)c(=O)c1N=Nc1cc([N+](=O)[O-])ccc1O.O=[N+]([O-])c1ccc(O)c(N=Nc2c(O)ccc3ccccc23)c1.[Cr].[Na+].[Na+]. The first kappa shape index (κ1) is 46.4. The fourth-order valence-corrected chi connectivity index (χ4v) is 5.05. The Morgan fingerprint density at radius 2 is 1.18 bits per heavy atom. The second-order valence-electron chi connectivity index (χ2n) is 10.6. The molecule has 1 heterocycles. The molecule has 0 saturated carbocycles. The Labute approximate surface area is 364 Å². The normalized spacial score (nSPS) is 10.9. The molecule has 0 aliphatic rings. The van der Waals surface area contributed by atoms with Crippen LogP contribution >= 0.6 is 0 Å². The number of aryl methyl sites for hydroxylation is 1. The molecule has 0 radical (unpaired) electrons. The number of nitro benzene ring substituents is 2. The number of aromatic amines is 1. The van der Waals surface area contributed by atoms with Crippen molar-refractivity contribution in [2.45, 2.75) is 11.8 Å². The zero-order valence-corrected chi connectivity index (χ0v) is 34.9. The van der Waals surface area contributed by atoms with Crippen LogP contribution in [0.15, 0.2) is 127 Å². The van der Waals surface area contributed by atoms with Crippen LogP contribution < -0.4 is 64.7 Å². The van der Waals surface area contributed by atoms with Gasteiger partial charge in [-0.3, -0.25) is 34.7 Å². The topological polar surface area (TPSA) is 289 Å². The van der Waals surface area contributed by atoms with Gasteiger partial charge in [0.05, 0.1) is 26.1 Å². The maximum atomic E-state index is 12.6. The van der Waals surface area contributed by atoms with Crippen LogP contribution in [0.4, 0.5) is 34.1 Å². The largest absolute Gasteiger partial charge is 1.00 e. The molecule has 270 valence electrons. The number of rotatable bonds is 8. The van der Waals surface area contributed by atoms with Crippen molar-refractivity contribution in [2.75, 3.05) is 0 Å². The Morgan fingerprint density at radius 3 is 1.69 bits per heavy atom. The van der Waals surface area contributed by atoms with Crippen LogP contribution in [0.3, 0.4) is 0 Å². The number of nitrogens with one attached hydrogen (secondary N) is 1. The van der Waals surface area contributed by atoms with Crippen molar-refractivity contribution < 1.29 is 115 Å². The number of benzene rings is 5. The molecule has 0 unspecified atom stereocenters. The summed E-state index contributed by atoms with van der Waals surface area (Å²) in [4.78, 5) is 32.6. The molecule has 55 heavy (non-hydrogen) atoms. The van der Waals surface area contributed by atoms with E-state index in [4.69, 9.17) is 4.55 Å². The van der Waals surface area contributed by atoms with Gasteiger partial charge in [-0.05, 0) is 54.8 Å². The molecular formula is C32H24CrN8Na2O11S+2. The predicted octanol–water partition coefficient (Wildman–Crippen LogP) is 1.33. The maximum Gasteiger partial charge on any atom is 1.00 e. The standard InChI is InChI=1S/C16H13N5O7S.C16H11N3O4.Cr.2Na/c1-9-15(18-17-13-8-11(21(24)25)4-7-14(13)22)16(23)20(19-9)10-2-5-12(6-3-10)29(26,27)28;20-14-8-6-11(19(22)23)9-13(14)17-18-16-12-4-2-1-3-10(12)5-7-15(16)21;;;/h2-8,19,22H,1H3,(H,26,27,28);1-9,20-21H;;;/q;;;2*+1. The van der Waals surface area contributed by atoms with Crippen LogP contribution in [-0.2, 0) is 27.5 Å². The maximum absolute atomic E-state index is 12.6. The molecule has 0 aliphatic heterocycles. The molecule has 1 aromatic heterocycles. The molecule has 0 bridgehead atoms. The number of H-pyrrole nitrogens is 1. The summed E-state index contributed by atoms with van der Waals surface area (Å²) >= 11 is 0. The number of phenolic OH excluding ortho intramolecular Hbond substituents is 3. The number of aromatic nitrogens is 2. The van der Waals surface area contributed by atoms with Crippen LogP contribution in [0.25, 0.3) is 16.5 Å². The molecule has 0 fully saturated rings. The van der Waals surface area contributed by atoms with Gasteiger partial charge in [-0.25, -0.2) is 4.68 Å². The van der Waals surface area contributed by atoms with Crippen LogP contribution in [0, 0.1) is 27.2 Å². The van der Waals surface area contributed by atoms with Crippen molar-refractivity contribution >= 4 is 55.0 Å². The minimum Gasteiger partial charge on any atom is -0.506 e. The Hall–Kier alpha value is -4.79. The molecule has 5 aromatic carbocycles. The van der Waals surface area contributed by atoms with E-state index in [1.54, 1.807) is 18.2 Å². The van der Waals surface area contributed by atoms with Gasteiger partial charge in [-0.1, -0.05) is 30.3 Å². The molecule has 23 heteroatoms. The molecule has 0 saturated heterocycles. The van der Waals surface area contributed by atoms with Gasteiger partial charge in [-0.15, -0.1) is 20.5 Å². The minimum atomic E-state index is -4.37. The van der Waals surface area contributed by atoms with Crippen molar-refractivity contribution in [3.63, 3.8) is 0 Å². The van der Waals surface area contributed by atoms with Crippen LogP contribution in [0.2, 0.25) is 0 Å². The number of aromatic hydroxyl groups is 3.